The molecule has 1 fully saturated rings. The summed E-state index contributed by atoms with van der Waals surface area (Å²) in [6.45, 7) is 1.58. The van der Waals surface area contributed by atoms with E-state index in [0.29, 0.717) is 17.0 Å². The molecule has 0 spiro atoms. The highest BCUT2D eigenvalue weighted by atomic mass is 16.6. The number of carbonyl (C=O) groups excluding carboxylic acids is 1. The van der Waals surface area contributed by atoms with Gasteiger partial charge in [0.25, 0.3) is 11.2 Å². The van der Waals surface area contributed by atoms with Crippen molar-refractivity contribution >= 4 is 23.0 Å². The Morgan fingerprint density at radius 2 is 2.10 bits per heavy atom. The SMILES string of the molecule is Cc1cccc2nc(COC(=O)c3ccc(NC4CC4)c([N+](=O)[O-])c3)cc(=O)n12. The van der Waals surface area contributed by atoms with Gasteiger partial charge in [0.2, 0.25) is 0 Å². The van der Waals surface area contributed by atoms with E-state index in [1.165, 1.54) is 28.7 Å². The van der Waals surface area contributed by atoms with E-state index in [1.54, 1.807) is 25.1 Å². The molecule has 1 aliphatic carbocycles. The van der Waals surface area contributed by atoms with Gasteiger partial charge in [0.1, 0.15) is 17.9 Å². The first kappa shape index (κ1) is 18.6. The van der Waals surface area contributed by atoms with E-state index in [9.17, 15) is 19.7 Å². The molecule has 0 amide bonds. The molecule has 1 aromatic carbocycles. The number of rotatable bonds is 6. The van der Waals surface area contributed by atoms with E-state index >= 15 is 0 Å². The van der Waals surface area contributed by atoms with Crippen molar-refractivity contribution in [2.24, 2.45) is 0 Å². The summed E-state index contributed by atoms with van der Waals surface area (Å²) in [6.07, 6.45) is 1.94. The van der Waals surface area contributed by atoms with Gasteiger partial charge in [-0.25, -0.2) is 9.78 Å². The number of ether oxygens (including phenoxy) is 1. The molecule has 0 bridgehead atoms. The molecule has 1 N–H and O–H groups in total. The number of benzene rings is 1. The molecule has 1 saturated carbocycles. The summed E-state index contributed by atoms with van der Waals surface area (Å²) >= 11 is 0. The molecule has 4 rings (SSSR count). The van der Waals surface area contributed by atoms with E-state index in [-0.39, 0.29) is 29.5 Å². The molecule has 3 aromatic rings. The number of nitro groups is 1. The van der Waals surface area contributed by atoms with Crippen LogP contribution in [0, 0.1) is 17.0 Å². The van der Waals surface area contributed by atoms with Gasteiger partial charge in [-0.15, -0.1) is 0 Å². The summed E-state index contributed by atoms with van der Waals surface area (Å²) in [6, 6.07) is 11.0. The summed E-state index contributed by atoms with van der Waals surface area (Å²) in [5, 5.41) is 14.4. The molecule has 0 atom stereocenters. The van der Waals surface area contributed by atoms with Crippen molar-refractivity contribution in [2.45, 2.75) is 32.4 Å². The second kappa shape index (κ2) is 7.34. The van der Waals surface area contributed by atoms with Gasteiger partial charge < -0.3 is 10.1 Å². The fraction of sp³-hybridized carbons (Fsp3) is 0.250. The molecule has 29 heavy (non-hydrogen) atoms. The summed E-state index contributed by atoms with van der Waals surface area (Å²) in [5.74, 6) is -0.725. The van der Waals surface area contributed by atoms with Gasteiger partial charge in [-0.2, -0.15) is 0 Å². The zero-order chi connectivity index (χ0) is 20.5. The predicted octanol–water partition coefficient (Wildman–Crippen LogP) is 2.84. The smallest absolute Gasteiger partial charge is 0.338 e. The topological polar surface area (TPSA) is 116 Å². The van der Waals surface area contributed by atoms with Crippen LogP contribution in [0.2, 0.25) is 0 Å². The van der Waals surface area contributed by atoms with E-state index < -0.39 is 10.9 Å². The first-order valence-corrected chi connectivity index (χ1v) is 9.13. The Hall–Kier alpha value is -3.75. The number of pyridine rings is 1. The van der Waals surface area contributed by atoms with Crippen LogP contribution in [-0.4, -0.2) is 26.3 Å². The van der Waals surface area contributed by atoms with Gasteiger partial charge in [-0.3, -0.25) is 19.3 Å². The standard InChI is InChI=1S/C20H18N4O5/c1-12-3-2-4-18-22-15(10-19(25)23(12)18)11-29-20(26)13-5-8-16(21-14-6-7-14)17(9-13)24(27)28/h2-5,8-10,14,21H,6-7,11H2,1H3. The Labute approximate surface area is 165 Å². The number of fused-ring (bicyclic) bond motifs is 1. The maximum absolute atomic E-state index is 12.4. The molecular formula is C20H18N4O5. The maximum Gasteiger partial charge on any atom is 0.338 e. The average molecular weight is 394 g/mol. The third kappa shape index (κ3) is 3.93. The minimum Gasteiger partial charge on any atom is -0.456 e. The van der Waals surface area contributed by atoms with E-state index in [4.69, 9.17) is 4.74 Å². The predicted molar refractivity (Wildman–Crippen MR) is 105 cm³/mol. The molecule has 9 nitrogen and oxygen atoms in total. The summed E-state index contributed by atoms with van der Waals surface area (Å²) < 4.78 is 6.68. The second-order valence-corrected chi connectivity index (χ2v) is 6.93. The number of nitrogens with one attached hydrogen (secondary N) is 1. The number of nitrogens with zero attached hydrogens (tertiary/aromatic N) is 3. The molecule has 0 unspecified atom stereocenters. The van der Waals surface area contributed by atoms with Gasteiger partial charge in [-0.1, -0.05) is 6.07 Å². The lowest BCUT2D eigenvalue weighted by atomic mass is 10.1. The highest BCUT2D eigenvalue weighted by Crippen LogP contribution is 2.31. The number of hydrogen-bond acceptors (Lipinski definition) is 7. The number of nitro benzene ring substituents is 1. The van der Waals surface area contributed by atoms with Crippen LogP contribution in [0.5, 0.6) is 0 Å². The number of esters is 1. The van der Waals surface area contributed by atoms with E-state index in [0.717, 1.165) is 18.5 Å². The molecule has 0 saturated heterocycles. The molecule has 1 aliphatic rings. The quantitative estimate of drug-likeness (QED) is 0.388. The van der Waals surface area contributed by atoms with Crippen LogP contribution in [0.25, 0.3) is 5.65 Å². The second-order valence-electron chi connectivity index (χ2n) is 6.93. The molecule has 0 radical (unpaired) electrons. The Kier molecular flexibility index (Phi) is 4.71. The van der Waals surface area contributed by atoms with Crippen molar-refractivity contribution < 1.29 is 14.5 Å². The number of anilines is 1. The lowest BCUT2D eigenvalue weighted by molar-refractivity contribution is -0.384. The first-order chi connectivity index (χ1) is 13.9. The van der Waals surface area contributed by atoms with Crippen molar-refractivity contribution in [3.8, 4) is 0 Å². The third-order valence-corrected chi connectivity index (χ3v) is 4.65. The first-order valence-electron chi connectivity index (χ1n) is 9.13. The van der Waals surface area contributed by atoms with Gasteiger partial charge >= 0.3 is 5.97 Å². The molecule has 0 aliphatic heterocycles. The van der Waals surface area contributed by atoms with Crippen molar-refractivity contribution in [1.82, 2.24) is 9.38 Å². The van der Waals surface area contributed by atoms with Crippen LogP contribution in [0.4, 0.5) is 11.4 Å². The summed E-state index contributed by atoms with van der Waals surface area (Å²) in [5.41, 5.74) is 1.50. The largest absolute Gasteiger partial charge is 0.456 e. The lowest BCUT2D eigenvalue weighted by Crippen LogP contribution is -2.18. The minimum absolute atomic E-state index is 0.0615. The minimum atomic E-state index is -0.725. The van der Waals surface area contributed by atoms with E-state index in [1.807, 2.05) is 0 Å². The van der Waals surface area contributed by atoms with Crippen molar-refractivity contribution in [1.29, 1.82) is 0 Å². The van der Waals surface area contributed by atoms with Crippen LogP contribution >= 0.6 is 0 Å². The van der Waals surface area contributed by atoms with Gasteiger partial charge in [0.05, 0.1) is 16.2 Å². The molecule has 148 valence electrons. The number of aromatic nitrogens is 2. The Morgan fingerprint density at radius 1 is 1.31 bits per heavy atom. The monoisotopic (exact) mass is 394 g/mol. The number of hydrogen-bond donors (Lipinski definition) is 1. The number of aryl methyl sites for hydroxylation is 1. The van der Waals surface area contributed by atoms with Crippen molar-refractivity contribution in [3.05, 3.63) is 79.9 Å². The van der Waals surface area contributed by atoms with Crippen LogP contribution in [0.1, 0.15) is 34.6 Å². The Bertz CT molecular complexity index is 1180. The normalized spacial score (nSPS) is 13.3. The van der Waals surface area contributed by atoms with Gasteiger partial charge in [-0.05, 0) is 44.0 Å². The van der Waals surface area contributed by atoms with Gasteiger partial charge in [0, 0.05) is 23.9 Å². The average Bonchev–Trinajstić information content (AvgIpc) is 3.50. The highest BCUT2D eigenvalue weighted by molar-refractivity contribution is 5.91. The highest BCUT2D eigenvalue weighted by Gasteiger charge is 2.25. The Morgan fingerprint density at radius 3 is 2.83 bits per heavy atom. The molecule has 2 heterocycles. The lowest BCUT2D eigenvalue weighted by Gasteiger charge is -2.09. The molecule has 2 aromatic heterocycles. The molecular weight excluding hydrogens is 376 g/mol. The Balaban J connectivity index is 1.52. The fourth-order valence-electron chi connectivity index (χ4n) is 3.04. The van der Waals surface area contributed by atoms with Crippen LogP contribution < -0.4 is 10.9 Å². The zero-order valence-electron chi connectivity index (χ0n) is 15.6. The van der Waals surface area contributed by atoms with E-state index in [2.05, 4.69) is 10.3 Å². The summed E-state index contributed by atoms with van der Waals surface area (Å²) in [7, 11) is 0. The van der Waals surface area contributed by atoms with Crippen molar-refractivity contribution in [3.63, 3.8) is 0 Å². The fourth-order valence-corrected chi connectivity index (χ4v) is 3.04. The van der Waals surface area contributed by atoms with Crippen LogP contribution in [0.3, 0.4) is 0 Å². The summed E-state index contributed by atoms with van der Waals surface area (Å²) in [4.78, 5) is 39.8. The zero-order valence-corrected chi connectivity index (χ0v) is 15.6. The van der Waals surface area contributed by atoms with Crippen molar-refractivity contribution in [2.75, 3.05) is 5.32 Å². The van der Waals surface area contributed by atoms with Crippen LogP contribution in [-0.2, 0) is 11.3 Å². The number of carbonyl (C=O) groups is 1. The molecule has 9 heteroatoms. The van der Waals surface area contributed by atoms with Crippen LogP contribution in [0.15, 0.2) is 47.3 Å². The van der Waals surface area contributed by atoms with Gasteiger partial charge in [0.15, 0.2) is 0 Å². The maximum atomic E-state index is 12.4. The third-order valence-electron chi connectivity index (χ3n) is 4.65.